The number of nitrogens with two attached hydrogens (primary N) is 1. The predicted octanol–water partition coefficient (Wildman–Crippen LogP) is 3.90. The molecule has 8 heteroatoms. The van der Waals surface area contributed by atoms with Crippen LogP contribution in [0.25, 0.3) is 11.1 Å². The van der Waals surface area contributed by atoms with E-state index in [1.54, 1.807) is 12.3 Å². The molecule has 0 bridgehead atoms. The number of ether oxygens (including phenoxy) is 1. The van der Waals surface area contributed by atoms with Crippen LogP contribution in [-0.4, -0.2) is 41.1 Å². The summed E-state index contributed by atoms with van der Waals surface area (Å²) in [4.78, 5) is 16.2. The Morgan fingerprint density at radius 1 is 1.15 bits per heavy atom. The SMILES string of the molecule is CNc1cc(F)cc2c1Cc1nc(Oc3ccc(C)nc3)nc(N3C[C@H]4CC(N)C[C@H]4C3)c1-2. The number of halogens is 1. The van der Waals surface area contributed by atoms with E-state index in [0.717, 1.165) is 65.5 Å². The Morgan fingerprint density at radius 3 is 2.64 bits per heavy atom. The van der Waals surface area contributed by atoms with Crippen LogP contribution in [0.1, 0.15) is 29.8 Å². The number of nitrogens with one attached hydrogen (secondary N) is 1. The lowest BCUT2D eigenvalue weighted by atomic mass is 10.0. The van der Waals surface area contributed by atoms with Gasteiger partial charge in [-0.2, -0.15) is 9.97 Å². The Morgan fingerprint density at radius 2 is 1.94 bits per heavy atom. The highest BCUT2D eigenvalue weighted by Gasteiger charge is 2.42. The summed E-state index contributed by atoms with van der Waals surface area (Å²) < 4.78 is 20.5. The molecule has 6 rings (SSSR count). The third kappa shape index (κ3) is 3.49. The second-order valence-electron chi connectivity index (χ2n) is 9.45. The number of aryl methyl sites for hydroxylation is 1. The van der Waals surface area contributed by atoms with Gasteiger partial charge in [0.2, 0.25) is 0 Å². The van der Waals surface area contributed by atoms with Crippen molar-refractivity contribution in [1.29, 1.82) is 0 Å². The fraction of sp³-hybridized carbons (Fsp3) is 0.400. The number of fused-ring (bicyclic) bond motifs is 4. The number of rotatable bonds is 4. The first-order valence-electron chi connectivity index (χ1n) is 11.5. The van der Waals surface area contributed by atoms with E-state index < -0.39 is 0 Å². The summed E-state index contributed by atoms with van der Waals surface area (Å²) in [5, 5.41) is 3.13. The van der Waals surface area contributed by atoms with E-state index in [4.69, 9.17) is 20.4 Å². The van der Waals surface area contributed by atoms with Crippen molar-refractivity contribution in [3.8, 4) is 22.9 Å². The molecule has 2 fully saturated rings. The topological polar surface area (TPSA) is 89.2 Å². The lowest BCUT2D eigenvalue weighted by molar-refractivity contribution is 0.438. The molecule has 3 atom stereocenters. The number of aromatic nitrogens is 3. The van der Waals surface area contributed by atoms with Gasteiger partial charge in [0.25, 0.3) is 0 Å². The van der Waals surface area contributed by atoms with Crippen LogP contribution in [0, 0.1) is 24.6 Å². The number of nitrogens with zero attached hydrogens (tertiary/aromatic N) is 4. The zero-order valence-electron chi connectivity index (χ0n) is 18.8. The van der Waals surface area contributed by atoms with Crippen LogP contribution < -0.4 is 20.7 Å². The molecular formula is C25H27FN6O. The zero-order chi connectivity index (χ0) is 22.7. The average Bonchev–Trinajstić information content (AvgIpc) is 3.45. The standard InChI is InChI=1S/C25H27FN6O/c1-13-3-4-18(10-29-13)33-25-30-22-9-19-20(7-16(26)8-21(19)28-2)23(22)24(31-25)32-11-14-5-17(27)6-15(14)12-32/h3-4,7-8,10,14-15,17,28H,5-6,9,11-12,27H2,1-2H3/t14-,15+,17?. The lowest BCUT2D eigenvalue weighted by Gasteiger charge is -2.23. The van der Waals surface area contributed by atoms with E-state index in [-0.39, 0.29) is 5.82 Å². The van der Waals surface area contributed by atoms with Gasteiger partial charge in [0.15, 0.2) is 0 Å². The maximum Gasteiger partial charge on any atom is 0.324 e. The molecule has 0 spiro atoms. The van der Waals surface area contributed by atoms with Gasteiger partial charge in [-0.3, -0.25) is 4.98 Å². The van der Waals surface area contributed by atoms with Crippen molar-refractivity contribution >= 4 is 11.5 Å². The lowest BCUT2D eigenvalue weighted by Crippen LogP contribution is -2.26. The van der Waals surface area contributed by atoms with Crippen molar-refractivity contribution < 1.29 is 9.13 Å². The molecule has 3 aromatic rings. The highest BCUT2D eigenvalue weighted by Crippen LogP contribution is 2.48. The van der Waals surface area contributed by atoms with E-state index in [9.17, 15) is 4.39 Å². The average molecular weight is 447 g/mol. The molecule has 1 saturated carbocycles. The molecule has 1 saturated heterocycles. The summed E-state index contributed by atoms with van der Waals surface area (Å²) >= 11 is 0. The van der Waals surface area contributed by atoms with Gasteiger partial charge in [0.1, 0.15) is 17.4 Å². The van der Waals surface area contributed by atoms with E-state index in [1.807, 2.05) is 26.1 Å². The van der Waals surface area contributed by atoms with Gasteiger partial charge in [-0.05, 0) is 67.0 Å². The van der Waals surface area contributed by atoms with Crippen LogP contribution in [0.4, 0.5) is 15.9 Å². The number of hydrogen-bond acceptors (Lipinski definition) is 7. The quantitative estimate of drug-likeness (QED) is 0.491. The molecule has 170 valence electrons. The molecule has 33 heavy (non-hydrogen) atoms. The summed E-state index contributed by atoms with van der Waals surface area (Å²) in [7, 11) is 1.81. The van der Waals surface area contributed by atoms with Gasteiger partial charge in [-0.15, -0.1) is 0 Å². The molecule has 1 unspecified atom stereocenters. The van der Waals surface area contributed by atoms with E-state index in [1.165, 1.54) is 6.07 Å². The summed E-state index contributed by atoms with van der Waals surface area (Å²) in [5.41, 5.74) is 11.6. The number of pyridine rings is 1. The Labute approximate surface area is 192 Å². The molecule has 3 aliphatic rings. The van der Waals surface area contributed by atoms with Crippen LogP contribution in [0.15, 0.2) is 30.5 Å². The van der Waals surface area contributed by atoms with Crippen molar-refractivity contribution in [2.24, 2.45) is 17.6 Å². The largest absolute Gasteiger partial charge is 0.423 e. The molecule has 3 N–H and O–H groups in total. The number of benzene rings is 1. The van der Waals surface area contributed by atoms with Gasteiger partial charge in [-0.1, -0.05) is 0 Å². The Balaban J connectivity index is 1.44. The second-order valence-corrected chi connectivity index (χ2v) is 9.45. The van der Waals surface area contributed by atoms with Crippen molar-refractivity contribution in [1.82, 2.24) is 15.0 Å². The summed E-state index contributed by atoms with van der Waals surface area (Å²) in [5.74, 6) is 2.28. The molecule has 1 aromatic carbocycles. The fourth-order valence-electron chi connectivity index (χ4n) is 5.73. The third-order valence-electron chi connectivity index (χ3n) is 7.22. The maximum absolute atomic E-state index is 14.5. The number of anilines is 2. The molecule has 0 amide bonds. The first-order chi connectivity index (χ1) is 16.0. The minimum absolute atomic E-state index is 0.271. The van der Waals surface area contributed by atoms with E-state index in [0.29, 0.717) is 36.1 Å². The van der Waals surface area contributed by atoms with Gasteiger partial charge in [0, 0.05) is 49.5 Å². The molecule has 3 heterocycles. The van der Waals surface area contributed by atoms with Crippen LogP contribution >= 0.6 is 0 Å². The predicted molar refractivity (Wildman–Crippen MR) is 125 cm³/mol. The van der Waals surface area contributed by atoms with Gasteiger partial charge in [0.05, 0.1) is 11.9 Å². The second kappa shape index (κ2) is 7.66. The van der Waals surface area contributed by atoms with E-state index in [2.05, 4.69) is 15.2 Å². The maximum atomic E-state index is 14.5. The van der Waals surface area contributed by atoms with Crippen molar-refractivity contribution in [3.05, 3.63) is 53.2 Å². The first kappa shape index (κ1) is 20.4. The monoisotopic (exact) mass is 446 g/mol. The molecular weight excluding hydrogens is 419 g/mol. The molecule has 2 aromatic heterocycles. The molecule has 1 aliphatic heterocycles. The Hall–Kier alpha value is -3.26. The summed E-state index contributed by atoms with van der Waals surface area (Å²) in [6.07, 6.45) is 4.37. The minimum Gasteiger partial charge on any atom is -0.423 e. The molecule has 0 radical (unpaired) electrons. The van der Waals surface area contributed by atoms with Crippen LogP contribution in [0.3, 0.4) is 0 Å². The minimum atomic E-state index is -0.271. The normalized spacial score (nSPS) is 22.8. The smallest absolute Gasteiger partial charge is 0.324 e. The van der Waals surface area contributed by atoms with E-state index >= 15 is 0 Å². The van der Waals surface area contributed by atoms with Crippen LogP contribution in [-0.2, 0) is 6.42 Å². The molecule has 2 aliphatic carbocycles. The van der Waals surface area contributed by atoms with Gasteiger partial charge in [-0.25, -0.2) is 4.39 Å². The first-order valence-corrected chi connectivity index (χ1v) is 11.5. The van der Waals surface area contributed by atoms with Crippen molar-refractivity contribution in [2.45, 2.75) is 32.2 Å². The summed E-state index contributed by atoms with van der Waals surface area (Å²) in [6.45, 7) is 3.73. The highest BCUT2D eigenvalue weighted by molar-refractivity contribution is 5.88. The van der Waals surface area contributed by atoms with Crippen LogP contribution in [0.2, 0.25) is 0 Å². The molecule has 7 nitrogen and oxygen atoms in total. The number of hydrogen-bond donors (Lipinski definition) is 2. The van der Waals surface area contributed by atoms with Gasteiger partial charge >= 0.3 is 6.01 Å². The van der Waals surface area contributed by atoms with Crippen LogP contribution in [0.5, 0.6) is 11.8 Å². The van der Waals surface area contributed by atoms with Crippen molar-refractivity contribution in [2.75, 3.05) is 30.4 Å². The highest BCUT2D eigenvalue weighted by atomic mass is 19.1. The van der Waals surface area contributed by atoms with Gasteiger partial charge < -0.3 is 20.7 Å². The summed E-state index contributed by atoms with van der Waals surface area (Å²) in [6, 6.07) is 7.48. The fourth-order valence-corrected chi connectivity index (χ4v) is 5.73. The Kier molecular flexibility index (Phi) is 4.72. The zero-order valence-corrected chi connectivity index (χ0v) is 18.8. The third-order valence-corrected chi connectivity index (χ3v) is 7.22. The van der Waals surface area contributed by atoms with Crippen molar-refractivity contribution in [3.63, 3.8) is 0 Å². The Bertz CT molecular complexity index is 1220.